The number of aryl methyl sites for hydroxylation is 1. The van der Waals surface area contributed by atoms with Gasteiger partial charge >= 0.3 is 0 Å². The largest absolute Gasteiger partial charge is 0.300 e. The van der Waals surface area contributed by atoms with Crippen molar-refractivity contribution < 1.29 is 0 Å². The first kappa shape index (κ1) is 5.87. The predicted octanol–water partition coefficient (Wildman–Crippen LogP) is 2.22. The summed E-state index contributed by atoms with van der Waals surface area (Å²) in [6.45, 7) is 2.08. The van der Waals surface area contributed by atoms with Gasteiger partial charge in [0.05, 0.1) is 14.3 Å². The van der Waals surface area contributed by atoms with E-state index in [1.54, 1.807) is 0 Å². The van der Waals surface area contributed by atoms with E-state index in [-0.39, 0.29) is 0 Å². The van der Waals surface area contributed by atoms with Crippen LogP contribution in [-0.4, -0.2) is 9.15 Å². The van der Waals surface area contributed by atoms with Crippen LogP contribution in [0.5, 0.6) is 0 Å². The lowest BCUT2D eigenvalue weighted by Crippen LogP contribution is -1.86. The van der Waals surface area contributed by atoms with Crippen LogP contribution in [0.3, 0.4) is 0 Å². The average molecular weight is 150 g/mol. The van der Waals surface area contributed by atoms with Crippen LogP contribution >= 0.6 is 8.35 Å². The summed E-state index contributed by atoms with van der Waals surface area (Å²) in [7, 11) is 1.04. The van der Waals surface area contributed by atoms with Crippen LogP contribution in [0.4, 0.5) is 0 Å². The van der Waals surface area contributed by atoms with Gasteiger partial charge in [0.1, 0.15) is 5.65 Å². The Kier molecular flexibility index (Phi) is 1.21. The van der Waals surface area contributed by atoms with Crippen LogP contribution < -0.4 is 0 Å². The maximum atomic E-state index is 4.24. The molecule has 2 nitrogen and oxygen atoms in total. The van der Waals surface area contributed by atoms with Crippen molar-refractivity contribution in [1.29, 1.82) is 0 Å². The van der Waals surface area contributed by atoms with Gasteiger partial charge in [0.25, 0.3) is 0 Å². The first-order valence-electron chi connectivity index (χ1n) is 3.13. The molecule has 0 saturated carbocycles. The monoisotopic (exact) mass is 150 g/mol. The number of hydrogen-bond acceptors (Lipinski definition) is 1. The summed E-state index contributed by atoms with van der Waals surface area (Å²) >= 11 is 0. The molecule has 2 heterocycles. The standard InChI is InChI=1S/C7H7N2P/c1-6-3-2-4-7-8-10-5-9(6)7/h2-5H,1H3. The van der Waals surface area contributed by atoms with Gasteiger partial charge in [-0.3, -0.25) is 4.40 Å². The molecule has 3 heteroatoms. The maximum absolute atomic E-state index is 4.24. The molecule has 2 aromatic heterocycles. The zero-order valence-corrected chi connectivity index (χ0v) is 6.55. The summed E-state index contributed by atoms with van der Waals surface area (Å²) in [6.07, 6.45) is 0. The van der Waals surface area contributed by atoms with Crippen molar-refractivity contribution in [3.05, 3.63) is 29.8 Å². The Morgan fingerprint density at radius 1 is 1.50 bits per heavy atom. The van der Waals surface area contributed by atoms with E-state index in [4.69, 9.17) is 0 Å². The van der Waals surface area contributed by atoms with Crippen molar-refractivity contribution in [1.82, 2.24) is 9.15 Å². The number of hydrogen-bond donors (Lipinski definition) is 0. The highest BCUT2D eigenvalue weighted by atomic mass is 31.0. The second-order valence-corrected chi connectivity index (χ2v) is 2.89. The minimum atomic E-state index is 1.04. The minimum absolute atomic E-state index is 1.04. The van der Waals surface area contributed by atoms with E-state index >= 15 is 0 Å². The Bertz CT molecular complexity index is 353. The molecule has 0 aliphatic rings. The van der Waals surface area contributed by atoms with E-state index in [1.807, 2.05) is 12.1 Å². The molecule has 10 heavy (non-hydrogen) atoms. The molecule has 50 valence electrons. The third-order valence-electron chi connectivity index (χ3n) is 1.54. The molecule has 0 aromatic carbocycles. The van der Waals surface area contributed by atoms with Crippen LogP contribution in [0, 0.1) is 6.92 Å². The van der Waals surface area contributed by atoms with E-state index in [0.29, 0.717) is 0 Å². The van der Waals surface area contributed by atoms with Crippen molar-refractivity contribution in [2.75, 3.05) is 0 Å². The molecule has 0 fully saturated rings. The van der Waals surface area contributed by atoms with Crippen LogP contribution in [0.2, 0.25) is 0 Å². The number of aromatic nitrogens is 2. The zero-order valence-electron chi connectivity index (χ0n) is 5.65. The molecule has 0 spiro atoms. The molecule has 0 aliphatic heterocycles. The summed E-state index contributed by atoms with van der Waals surface area (Å²) in [5.74, 6) is 2.06. The Hall–Kier alpha value is -0.880. The molecule has 0 N–H and O–H groups in total. The van der Waals surface area contributed by atoms with E-state index in [0.717, 1.165) is 14.0 Å². The Balaban J connectivity index is 2.95. The fraction of sp³-hybridized carbons (Fsp3) is 0.143. The van der Waals surface area contributed by atoms with Gasteiger partial charge < -0.3 is 0 Å². The molecule has 2 rings (SSSR count). The fourth-order valence-corrected chi connectivity index (χ4v) is 1.72. The first-order valence-corrected chi connectivity index (χ1v) is 4.05. The zero-order chi connectivity index (χ0) is 6.97. The third-order valence-corrected chi connectivity index (χ3v) is 2.19. The number of rotatable bonds is 0. The topological polar surface area (TPSA) is 17.3 Å². The van der Waals surface area contributed by atoms with Crippen LogP contribution in [0.1, 0.15) is 5.69 Å². The SMILES string of the molecule is Cc1cccc2npcn12. The molecular formula is C7H7N2P. The van der Waals surface area contributed by atoms with E-state index in [2.05, 4.69) is 28.1 Å². The summed E-state index contributed by atoms with van der Waals surface area (Å²) in [5, 5.41) is 0. The normalized spacial score (nSPS) is 11.3. The molecule has 0 saturated heterocycles. The molecular weight excluding hydrogens is 143 g/mol. The van der Waals surface area contributed by atoms with Gasteiger partial charge in [-0.05, 0) is 19.1 Å². The van der Waals surface area contributed by atoms with E-state index in [9.17, 15) is 0 Å². The molecule has 0 aliphatic carbocycles. The Morgan fingerprint density at radius 2 is 2.40 bits per heavy atom. The average Bonchev–Trinajstić information content (AvgIpc) is 2.36. The lowest BCUT2D eigenvalue weighted by molar-refractivity contribution is 1.10. The highest BCUT2D eigenvalue weighted by Crippen LogP contribution is 2.09. The van der Waals surface area contributed by atoms with Crippen molar-refractivity contribution in [2.24, 2.45) is 0 Å². The number of nitrogens with zero attached hydrogens (tertiary/aromatic N) is 2. The van der Waals surface area contributed by atoms with Crippen LogP contribution in [0.25, 0.3) is 5.65 Å². The molecule has 0 radical (unpaired) electrons. The number of pyridine rings is 1. The number of fused-ring (bicyclic) bond motifs is 1. The summed E-state index contributed by atoms with van der Waals surface area (Å²) in [6, 6.07) is 6.12. The maximum Gasteiger partial charge on any atom is 0.141 e. The Morgan fingerprint density at radius 3 is 3.20 bits per heavy atom. The van der Waals surface area contributed by atoms with Gasteiger partial charge in [-0.2, -0.15) is 0 Å². The van der Waals surface area contributed by atoms with E-state index < -0.39 is 0 Å². The van der Waals surface area contributed by atoms with Crippen molar-refractivity contribution in [3.63, 3.8) is 0 Å². The highest BCUT2D eigenvalue weighted by Gasteiger charge is 1.92. The van der Waals surface area contributed by atoms with Crippen molar-refractivity contribution >= 4 is 14.0 Å². The second-order valence-electron chi connectivity index (χ2n) is 2.23. The lowest BCUT2D eigenvalue weighted by atomic mass is 10.4. The molecule has 0 bridgehead atoms. The van der Waals surface area contributed by atoms with Crippen molar-refractivity contribution in [3.8, 4) is 0 Å². The fourth-order valence-electron chi connectivity index (χ4n) is 0.983. The lowest BCUT2D eigenvalue weighted by Gasteiger charge is -1.95. The summed E-state index contributed by atoms with van der Waals surface area (Å²) in [4.78, 5) is 0. The third kappa shape index (κ3) is 0.729. The molecule has 2 aromatic rings. The van der Waals surface area contributed by atoms with Crippen LogP contribution in [-0.2, 0) is 0 Å². The van der Waals surface area contributed by atoms with Gasteiger partial charge in [-0.15, -0.1) is 0 Å². The Labute approximate surface area is 60.7 Å². The highest BCUT2D eigenvalue weighted by molar-refractivity contribution is 7.24. The van der Waals surface area contributed by atoms with Crippen LogP contribution in [0.15, 0.2) is 24.1 Å². The van der Waals surface area contributed by atoms with Gasteiger partial charge in [0, 0.05) is 5.69 Å². The predicted molar refractivity (Wildman–Crippen MR) is 42.4 cm³/mol. The smallest absolute Gasteiger partial charge is 0.141 e. The van der Waals surface area contributed by atoms with E-state index in [1.165, 1.54) is 5.69 Å². The second kappa shape index (κ2) is 2.06. The molecule has 0 unspecified atom stereocenters. The molecule has 0 amide bonds. The minimum Gasteiger partial charge on any atom is -0.300 e. The van der Waals surface area contributed by atoms with Crippen molar-refractivity contribution in [2.45, 2.75) is 6.92 Å². The summed E-state index contributed by atoms with van der Waals surface area (Å²) in [5.41, 5.74) is 2.30. The van der Waals surface area contributed by atoms with Gasteiger partial charge in [0.2, 0.25) is 0 Å². The van der Waals surface area contributed by atoms with Gasteiger partial charge in [-0.25, -0.2) is 4.75 Å². The molecule has 0 atom stereocenters. The van der Waals surface area contributed by atoms with Gasteiger partial charge in [-0.1, -0.05) is 6.07 Å². The van der Waals surface area contributed by atoms with Gasteiger partial charge in [0.15, 0.2) is 0 Å². The first-order chi connectivity index (χ1) is 4.88. The summed E-state index contributed by atoms with van der Waals surface area (Å²) < 4.78 is 6.34. The quantitative estimate of drug-likeness (QED) is 0.562.